The number of nitrogens with zero attached hydrogens (tertiary/aromatic N) is 5. The van der Waals surface area contributed by atoms with E-state index >= 15 is 0 Å². The Morgan fingerprint density at radius 1 is 1.28 bits per heavy atom. The molecule has 0 saturated heterocycles. The molecule has 3 aromatic rings. The van der Waals surface area contributed by atoms with Crippen molar-refractivity contribution in [2.75, 3.05) is 11.9 Å². The highest BCUT2D eigenvalue weighted by atomic mass is 16.5. The van der Waals surface area contributed by atoms with Crippen molar-refractivity contribution in [3.8, 4) is 17.3 Å². The predicted octanol–water partition coefficient (Wildman–Crippen LogP) is 3.46. The van der Waals surface area contributed by atoms with E-state index < -0.39 is 0 Å². The Morgan fingerprint density at radius 3 is 2.91 bits per heavy atom. The topological polar surface area (TPSA) is 109 Å². The highest BCUT2D eigenvalue weighted by Gasteiger charge is 2.35. The Morgan fingerprint density at radius 2 is 2.12 bits per heavy atom. The summed E-state index contributed by atoms with van der Waals surface area (Å²) < 4.78 is 7.80. The van der Waals surface area contributed by atoms with Crippen LogP contribution < -0.4 is 5.32 Å². The van der Waals surface area contributed by atoms with Crippen molar-refractivity contribution in [2.24, 2.45) is 0 Å². The molecule has 0 bridgehead atoms. The molecule has 0 spiro atoms. The van der Waals surface area contributed by atoms with Gasteiger partial charge in [0.2, 0.25) is 5.95 Å². The van der Waals surface area contributed by atoms with Gasteiger partial charge in [-0.3, -0.25) is 4.68 Å². The van der Waals surface area contributed by atoms with Crippen LogP contribution in [-0.4, -0.2) is 37.1 Å². The molecule has 8 heteroatoms. The summed E-state index contributed by atoms with van der Waals surface area (Å²) in [4.78, 5) is 9.02. The largest absolute Gasteiger partial charge is 0.395 e. The van der Waals surface area contributed by atoms with Crippen LogP contribution in [0, 0.1) is 11.3 Å². The average molecular weight is 431 g/mol. The summed E-state index contributed by atoms with van der Waals surface area (Å²) in [6.45, 7) is 7.38. The van der Waals surface area contributed by atoms with E-state index in [1.807, 2.05) is 43.7 Å². The van der Waals surface area contributed by atoms with Crippen molar-refractivity contribution in [1.29, 1.82) is 5.26 Å². The second-order valence-electron chi connectivity index (χ2n) is 9.50. The smallest absolute Gasteiger partial charge is 0.228 e. The first-order valence-corrected chi connectivity index (χ1v) is 10.8. The molecule has 1 aliphatic heterocycles. The van der Waals surface area contributed by atoms with Crippen LogP contribution in [0.25, 0.3) is 11.3 Å². The highest BCUT2D eigenvalue weighted by Crippen LogP contribution is 2.42. The Kier molecular flexibility index (Phi) is 4.77. The normalized spacial score (nSPS) is 21.0. The van der Waals surface area contributed by atoms with Crippen molar-refractivity contribution < 1.29 is 9.84 Å². The van der Waals surface area contributed by atoms with Crippen LogP contribution >= 0.6 is 0 Å². The number of aromatic nitrogens is 4. The van der Waals surface area contributed by atoms with Gasteiger partial charge in [-0.25, -0.2) is 9.97 Å². The van der Waals surface area contributed by atoms with Gasteiger partial charge in [0, 0.05) is 23.2 Å². The Labute approximate surface area is 186 Å². The van der Waals surface area contributed by atoms with Crippen molar-refractivity contribution in [3.05, 3.63) is 52.8 Å². The molecular weight excluding hydrogens is 404 g/mol. The summed E-state index contributed by atoms with van der Waals surface area (Å²) in [5.41, 5.74) is 4.68. The van der Waals surface area contributed by atoms with E-state index in [9.17, 15) is 10.4 Å². The lowest BCUT2D eigenvalue weighted by Crippen LogP contribution is -2.36. The molecule has 5 rings (SSSR count). The van der Waals surface area contributed by atoms with Crippen LogP contribution in [0.4, 0.5) is 11.8 Å². The lowest BCUT2D eigenvalue weighted by molar-refractivity contribution is -0.0660. The highest BCUT2D eigenvalue weighted by molar-refractivity contribution is 5.67. The molecule has 2 aromatic heterocycles. The second-order valence-corrected chi connectivity index (χ2v) is 9.50. The Hall–Kier alpha value is -3.28. The van der Waals surface area contributed by atoms with Crippen LogP contribution in [0.2, 0.25) is 0 Å². The molecule has 1 unspecified atom stereocenters. The zero-order chi connectivity index (χ0) is 22.5. The van der Waals surface area contributed by atoms with Gasteiger partial charge < -0.3 is 15.2 Å². The predicted molar refractivity (Wildman–Crippen MR) is 119 cm³/mol. The van der Waals surface area contributed by atoms with E-state index in [4.69, 9.17) is 4.74 Å². The average Bonchev–Trinajstić information content (AvgIpc) is 3.33. The number of nitrogens with one attached hydrogen (secondary N) is 1. The van der Waals surface area contributed by atoms with Crippen LogP contribution in [0.3, 0.4) is 0 Å². The monoisotopic (exact) mass is 430 g/mol. The lowest BCUT2D eigenvalue weighted by Gasteiger charge is -2.30. The van der Waals surface area contributed by atoms with Crippen LogP contribution in [0.5, 0.6) is 0 Å². The van der Waals surface area contributed by atoms with Crippen LogP contribution in [0.1, 0.15) is 49.6 Å². The molecule has 0 amide bonds. The van der Waals surface area contributed by atoms with E-state index in [0.717, 1.165) is 35.2 Å². The van der Waals surface area contributed by atoms with Gasteiger partial charge in [0.1, 0.15) is 0 Å². The third-order valence-electron chi connectivity index (χ3n) is 6.49. The molecule has 0 saturated carbocycles. The number of aliphatic hydroxyl groups is 1. The number of nitriles is 1. The molecule has 1 atom stereocenters. The first-order chi connectivity index (χ1) is 15.3. The fraction of sp³-hybridized carbons (Fsp3) is 0.417. The third kappa shape index (κ3) is 3.53. The van der Waals surface area contributed by atoms with Crippen molar-refractivity contribution in [1.82, 2.24) is 19.7 Å². The lowest BCUT2D eigenvalue weighted by atomic mass is 9.83. The van der Waals surface area contributed by atoms with Crippen molar-refractivity contribution in [2.45, 2.75) is 57.8 Å². The molecule has 2 N–H and O–H groups in total. The summed E-state index contributed by atoms with van der Waals surface area (Å²) in [5.74, 6) is 1.10. The third-order valence-corrected chi connectivity index (χ3v) is 6.49. The minimum absolute atomic E-state index is 0.0520. The molecule has 164 valence electrons. The van der Waals surface area contributed by atoms with E-state index in [-0.39, 0.29) is 17.6 Å². The summed E-state index contributed by atoms with van der Waals surface area (Å²) in [7, 11) is 0. The zero-order valence-electron chi connectivity index (χ0n) is 18.5. The molecule has 0 radical (unpaired) electrons. The number of fused-ring (bicyclic) bond motifs is 2. The fourth-order valence-electron chi connectivity index (χ4n) is 4.57. The minimum atomic E-state index is -0.337. The number of hydrogen-bond acceptors (Lipinski definition) is 7. The minimum Gasteiger partial charge on any atom is -0.395 e. The molecule has 1 aromatic carbocycles. The molecule has 3 heterocycles. The maximum Gasteiger partial charge on any atom is 0.228 e. The van der Waals surface area contributed by atoms with E-state index in [0.29, 0.717) is 36.2 Å². The van der Waals surface area contributed by atoms with Crippen LogP contribution in [0.15, 0.2) is 30.5 Å². The summed E-state index contributed by atoms with van der Waals surface area (Å²) in [5, 5.41) is 27.5. The number of aliphatic hydroxyl groups excluding tert-OH is 1. The SMILES string of the molecule is CC1(C)Cn2nc(Nc3nccc(-c4cc(C#N)c5c(c4)C(C)(CO)CC5)n3)cc2CO1. The molecule has 1 aliphatic carbocycles. The quantitative estimate of drug-likeness (QED) is 0.652. The van der Waals surface area contributed by atoms with Crippen molar-refractivity contribution in [3.63, 3.8) is 0 Å². The Balaban J connectivity index is 1.46. The van der Waals surface area contributed by atoms with Gasteiger partial charge in [-0.05, 0) is 56.0 Å². The number of hydrogen-bond donors (Lipinski definition) is 2. The number of ether oxygens (including phenoxy) is 1. The van der Waals surface area contributed by atoms with Gasteiger partial charge in [-0.1, -0.05) is 6.92 Å². The van der Waals surface area contributed by atoms with Gasteiger partial charge in [0.15, 0.2) is 5.82 Å². The van der Waals surface area contributed by atoms with Gasteiger partial charge in [-0.15, -0.1) is 0 Å². The van der Waals surface area contributed by atoms with E-state index in [1.54, 1.807) is 6.20 Å². The number of benzene rings is 1. The second kappa shape index (κ2) is 7.40. The molecular formula is C24H26N6O2. The number of rotatable bonds is 4. The summed E-state index contributed by atoms with van der Waals surface area (Å²) >= 11 is 0. The zero-order valence-corrected chi connectivity index (χ0v) is 18.5. The first kappa shape index (κ1) is 20.6. The van der Waals surface area contributed by atoms with Gasteiger partial charge in [0.25, 0.3) is 0 Å². The maximum absolute atomic E-state index is 9.97. The molecule has 32 heavy (non-hydrogen) atoms. The van der Waals surface area contributed by atoms with Gasteiger partial charge in [-0.2, -0.15) is 10.4 Å². The summed E-state index contributed by atoms with van der Waals surface area (Å²) in [6.07, 6.45) is 3.33. The standard InChI is InChI=1S/C24H26N6O2/c1-23(2)13-30-17(12-32-23)10-21(29-30)28-22-26-7-5-20(27-22)15-8-16(11-25)18-4-6-24(3,14-31)19(18)9-15/h5,7-10,31H,4,6,12-14H2,1-3H3,(H,26,27,28,29). The van der Waals surface area contributed by atoms with E-state index in [1.165, 1.54) is 0 Å². The van der Waals surface area contributed by atoms with Gasteiger partial charge >= 0.3 is 0 Å². The summed E-state index contributed by atoms with van der Waals surface area (Å²) in [6, 6.07) is 10.0. The molecule has 0 fully saturated rings. The van der Waals surface area contributed by atoms with Crippen LogP contribution in [-0.2, 0) is 29.7 Å². The maximum atomic E-state index is 9.97. The molecule has 8 nitrogen and oxygen atoms in total. The fourth-order valence-corrected chi connectivity index (χ4v) is 4.57. The Bertz CT molecular complexity index is 1240. The van der Waals surface area contributed by atoms with E-state index in [2.05, 4.69) is 32.5 Å². The first-order valence-electron chi connectivity index (χ1n) is 10.8. The van der Waals surface area contributed by atoms with Crippen molar-refractivity contribution >= 4 is 11.8 Å². The van der Waals surface area contributed by atoms with Gasteiger partial charge in [0.05, 0.1) is 48.4 Å². The molecule has 2 aliphatic rings. The number of anilines is 2.